The highest BCUT2D eigenvalue weighted by Gasteiger charge is 2.25. The van der Waals surface area contributed by atoms with E-state index in [1.807, 2.05) is 18.2 Å². The Kier molecular flexibility index (Phi) is 7.92. The standard InChI is InChI=1S/C16H23BrClN3O.ClH/c17-15-11-13(18)1-2-16(15)22-10-9-20-5-7-21(8-6-20)14-3-4-19-12-14;/h1-2,11,14,19H,3-10,12H2;1H. The van der Waals surface area contributed by atoms with Crippen LogP contribution in [-0.4, -0.2) is 68.3 Å². The number of hydrogen-bond donors (Lipinski definition) is 1. The van der Waals surface area contributed by atoms with Crippen molar-refractivity contribution in [1.82, 2.24) is 15.1 Å². The smallest absolute Gasteiger partial charge is 0.133 e. The number of piperazine rings is 1. The molecule has 2 fully saturated rings. The lowest BCUT2D eigenvalue weighted by Gasteiger charge is -2.37. The van der Waals surface area contributed by atoms with E-state index >= 15 is 0 Å². The first-order valence-corrected chi connectivity index (χ1v) is 9.14. The summed E-state index contributed by atoms with van der Waals surface area (Å²) in [4.78, 5) is 5.12. The number of rotatable bonds is 5. The Labute approximate surface area is 158 Å². The molecule has 1 N–H and O–H groups in total. The summed E-state index contributed by atoms with van der Waals surface area (Å²) in [5.74, 6) is 0.861. The van der Waals surface area contributed by atoms with Crippen LogP contribution >= 0.6 is 39.9 Å². The van der Waals surface area contributed by atoms with Crippen molar-refractivity contribution in [3.8, 4) is 5.75 Å². The van der Waals surface area contributed by atoms with Crippen LogP contribution in [0, 0.1) is 0 Å². The van der Waals surface area contributed by atoms with Gasteiger partial charge in [-0.25, -0.2) is 0 Å². The second-order valence-corrected chi connectivity index (χ2v) is 7.24. The lowest BCUT2D eigenvalue weighted by molar-refractivity contribution is 0.0920. The molecule has 3 rings (SSSR count). The van der Waals surface area contributed by atoms with Crippen LogP contribution in [0.5, 0.6) is 5.75 Å². The maximum atomic E-state index is 5.94. The molecule has 0 aromatic heterocycles. The Morgan fingerprint density at radius 1 is 1.26 bits per heavy atom. The first-order chi connectivity index (χ1) is 10.7. The number of benzene rings is 1. The van der Waals surface area contributed by atoms with Gasteiger partial charge in [-0.05, 0) is 47.1 Å². The number of nitrogens with zero attached hydrogens (tertiary/aromatic N) is 2. The fourth-order valence-electron chi connectivity index (χ4n) is 3.18. The largest absolute Gasteiger partial charge is 0.491 e. The van der Waals surface area contributed by atoms with E-state index in [0.29, 0.717) is 6.61 Å². The number of halogens is 3. The summed E-state index contributed by atoms with van der Waals surface area (Å²) >= 11 is 9.42. The molecule has 2 aliphatic heterocycles. The van der Waals surface area contributed by atoms with Crippen molar-refractivity contribution in [2.24, 2.45) is 0 Å². The third-order valence-corrected chi connectivity index (χ3v) is 5.37. The number of hydrogen-bond acceptors (Lipinski definition) is 4. The predicted octanol–water partition coefficient (Wildman–Crippen LogP) is 2.88. The zero-order chi connectivity index (χ0) is 15.4. The summed E-state index contributed by atoms with van der Waals surface area (Å²) in [6, 6.07) is 6.39. The zero-order valence-corrected chi connectivity index (χ0v) is 16.3. The van der Waals surface area contributed by atoms with Crippen LogP contribution < -0.4 is 10.1 Å². The number of ether oxygens (including phenoxy) is 1. The molecule has 4 nitrogen and oxygen atoms in total. The Bertz CT molecular complexity index is 492. The molecule has 23 heavy (non-hydrogen) atoms. The van der Waals surface area contributed by atoms with Crippen LogP contribution in [0.3, 0.4) is 0 Å². The summed E-state index contributed by atoms with van der Waals surface area (Å²) in [5, 5.41) is 4.17. The second-order valence-electron chi connectivity index (χ2n) is 5.95. The van der Waals surface area contributed by atoms with Crippen molar-refractivity contribution in [1.29, 1.82) is 0 Å². The minimum Gasteiger partial charge on any atom is -0.491 e. The van der Waals surface area contributed by atoms with E-state index in [1.165, 1.54) is 26.1 Å². The molecule has 0 radical (unpaired) electrons. The van der Waals surface area contributed by atoms with Gasteiger partial charge in [-0.1, -0.05) is 11.6 Å². The highest BCUT2D eigenvalue weighted by Crippen LogP contribution is 2.27. The molecule has 1 unspecified atom stereocenters. The molecule has 7 heteroatoms. The first-order valence-electron chi connectivity index (χ1n) is 7.97. The van der Waals surface area contributed by atoms with Gasteiger partial charge in [-0.3, -0.25) is 9.80 Å². The molecule has 2 heterocycles. The van der Waals surface area contributed by atoms with Crippen LogP contribution in [0.25, 0.3) is 0 Å². The molecular formula is C16H24BrCl2N3O. The van der Waals surface area contributed by atoms with Crippen LogP contribution in [0.2, 0.25) is 5.02 Å². The lowest BCUT2D eigenvalue weighted by Crippen LogP contribution is -2.51. The summed E-state index contributed by atoms with van der Waals surface area (Å²) in [5.41, 5.74) is 0. The van der Waals surface area contributed by atoms with E-state index in [0.717, 1.165) is 47.5 Å². The molecule has 0 spiro atoms. The van der Waals surface area contributed by atoms with Gasteiger partial charge in [0, 0.05) is 50.3 Å². The van der Waals surface area contributed by atoms with E-state index in [-0.39, 0.29) is 12.4 Å². The zero-order valence-electron chi connectivity index (χ0n) is 13.1. The predicted molar refractivity (Wildman–Crippen MR) is 101 cm³/mol. The van der Waals surface area contributed by atoms with Crippen molar-refractivity contribution in [2.75, 3.05) is 52.4 Å². The van der Waals surface area contributed by atoms with Crippen molar-refractivity contribution < 1.29 is 4.74 Å². The highest BCUT2D eigenvalue weighted by molar-refractivity contribution is 9.10. The Hall–Kier alpha value is -0.0400. The molecule has 0 aliphatic carbocycles. The summed E-state index contributed by atoms with van der Waals surface area (Å²) in [6.45, 7) is 8.66. The van der Waals surface area contributed by atoms with Gasteiger partial charge in [-0.15, -0.1) is 12.4 Å². The molecule has 130 valence electrons. The molecule has 1 aromatic rings. The van der Waals surface area contributed by atoms with E-state index in [2.05, 4.69) is 31.0 Å². The van der Waals surface area contributed by atoms with E-state index in [4.69, 9.17) is 16.3 Å². The maximum absolute atomic E-state index is 5.94. The van der Waals surface area contributed by atoms with Gasteiger partial charge in [0.2, 0.25) is 0 Å². The molecule has 2 aliphatic rings. The monoisotopic (exact) mass is 423 g/mol. The van der Waals surface area contributed by atoms with Crippen molar-refractivity contribution >= 4 is 39.9 Å². The summed E-state index contributed by atoms with van der Waals surface area (Å²) in [6.07, 6.45) is 1.30. The average molecular weight is 425 g/mol. The van der Waals surface area contributed by atoms with Crippen LogP contribution in [0.1, 0.15) is 6.42 Å². The maximum Gasteiger partial charge on any atom is 0.133 e. The summed E-state index contributed by atoms with van der Waals surface area (Å²) in [7, 11) is 0. The minimum atomic E-state index is 0. The van der Waals surface area contributed by atoms with Crippen LogP contribution in [0.15, 0.2) is 22.7 Å². The van der Waals surface area contributed by atoms with Crippen LogP contribution in [-0.2, 0) is 0 Å². The van der Waals surface area contributed by atoms with E-state index < -0.39 is 0 Å². The van der Waals surface area contributed by atoms with E-state index in [1.54, 1.807) is 0 Å². The van der Waals surface area contributed by atoms with Crippen molar-refractivity contribution in [2.45, 2.75) is 12.5 Å². The molecule has 0 saturated carbocycles. The van der Waals surface area contributed by atoms with Crippen molar-refractivity contribution in [3.63, 3.8) is 0 Å². The van der Waals surface area contributed by atoms with Gasteiger partial charge in [0.05, 0.1) is 4.47 Å². The normalized spacial score (nSPS) is 22.8. The van der Waals surface area contributed by atoms with Crippen LogP contribution in [0.4, 0.5) is 0 Å². The molecule has 1 aromatic carbocycles. The van der Waals surface area contributed by atoms with Gasteiger partial charge in [-0.2, -0.15) is 0 Å². The molecule has 1 atom stereocenters. The second kappa shape index (κ2) is 9.44. The molecule has 0 bridgehead atoms. The SMILES string of the molecule is Cl.Clc1ccc(OCCN2CCN(C3CCNC3)CC2)c(Br)c1. The Balaban J connectivity index is 0.00000192. The minimum absolute atomic E-state index is 0. The Morgan fingerprint density at radius 3 is 2.70 bits per heavy atom. The topological polar surface area (TPSA) is 27.7 Å². The molecule has 2 saturated heterocycles. The highest BCUT2D eigenvalue weighted by atomic mass is 79.9. The van der Waals surface area contributed by atoms with Gasteiger partial charge < -0.3 is 10.1 Å². The van der Waals surface area contributed by atoms with Gasteiger partial charge >= 0.3 is 0 Å². The quantitative estimate of drug-likeness (QED) is 0.786. The first kappa shape index (κ1) is 19.3. The van der Waals surface area contributed by atoms with Gasteiger partial charge in [0.15, 0.2) is 0 Å². The third-order valence-electron chi connectivity index (χ3n) is 4.52. The van der Waals surface area contributed by atoms with E-state index in [9.17, 15) is 0 Å². The number of nitrogens with one attached hydrogen (secondary N) is 1. The molecule has 0 amide bonds. The lowest BCUT2D eigenvalue weighted by atomic mass is 10.2. The van der Waals surface area contributed by atoms with Gasteiger partial charge in [0.1, 0.15) is 12.4 Å². The summed E-state index contributed by atoms with van der Waals surface area (Å²) < 4.78 is 6.77. The fourth-order valence-corrected chi connectivity index (χ4v) is 3.98. The Morgan fingerprint density at radius 2 is 2.04 bits per heavy atom. The molecular weight excluding hydrogens is 401 g/mol. The fraction of sp³-hybridized carbons (Fsp3) is 0.625. The third kappa shape index (κ3) is 5.48. The average Bonchev–Trinajstić information content (AvgIpc) is 3.04. The van der Waals surface area contributed by atoms with Gasteiger partial charge in [0.25, 0.3) is 0 Å². The van der Waals surface area contributed by atoms with Crippen molar-refractivity contribution in [3.05, 3.63) is 27.7 Å².